The minimum absolute atomic E-state index is 0.0813. The van der Waals surface area contributed by atoms with E-state index < -0.39 is 23.1 Å². The van der Waals surface area contributed by atoms with Crippen LogP contribution in [0, 0.1) is 0 Å². The summed E-state index contributed by atoms with van der Waals surface area (Å²) < 4.78 is 0. The number of allylic oxidation sites excluding steroid dienone is 2. The van der Waals surface area contributed by atoms with E-state index in [4.69, 9.17) is 5.11 Å². The Kier molecular flexibility index (Phi) is 2.22. The SMILES string of the molecule is CC1=C2CC(=C(C)N1)C(=O)C(O)(C(=O)O)C2=O. The molecule has 0 radical (unpaired) electrons. The van der Waals surface area contributed by atoms with Gasteiger partial charge in [0.2, 0.25) is 11.6 Å². The average Bonchev–Trinajstić information content (AvgIpc) is 2.24. The summed E-state index contributed by atoms with van der Waals surface area (Å²) in [5.41, 5.74) is -1.72. The molecule has 1 aliphatic heterocycles. The molecule has 0 unspecified atom stereocenters. The molecule has 0 spiro atoms. The van der Waals surface area contributed by atoms with Crippen LogP contribution < -0.4 is 5.32 Å². The van der Waals surface area contributed by atoms with Crippen molar-refractivity contribution in [3.63, 3.8) is 0 Å². The molecule has 6 nitrogen and oxygen atoms in total. The molecule has 3 N–H and O–H groups in total. The first-order valence-corrected chi connectivity index (χ1v) is 5.02. The third kappa shape index (κ3) is 1.27. The van der Waals surface area contributed by atoms with Crippen LogP contribution in [-0.2, 0) is 14.4 Å². The number of fused-ring (bicyclic) bond motifs is 2. The van der Waals surface area contributed by atoms with Crippen molar-refractivity contribution in [2.75, 3.05) is 0 Å². The Balaban J connectivity index is 2.68. The van der Waals surface area contributed by atoms with Gasteiger partial charge >= 0.3 is 5.97 Å². The number of rotatable bonds is 1. The molecule has 17 heavy (non-hydrogen) atoms. The predicted octanol–water partition coefficient (Wildman–Crippen LogP) is -0.505. The summed E-state index contributed by atoms with van der Waals surface area (Å²) in [5, 5.41) is 21.6. The molecule has 0 saturated heterocycles. The molecule has 2 aliphatic rings. The highest BCUT2D eigenvalue weighted by Crippen LogP contribution is 2.35. The number of aliphatic carboxylic acids is 1. The van der Waals surface area contributed by atoms with Gasteiger partial charge in [-0.3, -0.25) is 9.59 Å². The topological polar surface area (TPSA) is 104 Å². The van der Waals surface area contributed by atoms with Crippen molar-refractivity contribution in [1.82, 2.24) is 5.32 Å². The lowest BCUT2D eigenvalue weighted by atomic mass is 9.74. The largest absolute Gasteiger partial charge is 0.478 e. The fourth-order valence-electron chi connectivity index (χ4n) is 2.11. The zero-order valence-corrected chi connectivity index (χ0v) is 9.33. The summed E-state index contributed by atoms with van der Waals surface area (Å²) >= 11 is 0. The van der Waals surface area contributed by atoms with Gasteiger partial charge in [0.05, 0.1) is 0 Å². The van der Waals surface area contributed by atoms with Crippen molar-refractivity contribution < 1.29 is 24.6 Å². The molecule has 90 valence electrons. The van der Waals surface area contributed by atoms with Crippen molar-refractivity contribution in [2.24, 2.45) is 0 Å². The van der Waals surface area contributed by atoms with E-state index in [2.05, 4.69) is 5.32 Å². The van der Waals surface area contributed by atoms with E-state index in [9.17, 15) is 19.5 Å². The van der Waals surface area contributed by atoms with Crippen LogP contribution in [0.3, 0.4) is 0 Å². The Labute approximate surface area is 96.6 Å². The molecule has 1 saturated carbocycles. The molecular formula is C11H11NO5. The number of carbonyl (C=O) groups excluding carboxylic acids is 2. The Morgan fingerprint density at radius 2 is 1.59 bits per heavy atom. The monoisotopic (exact) mass is 237 g/mol. The maximum atomic E-state index is 11.9. The van der Waals surface area contributed by atoms with Gasteiger partial charge in [0, 0.05) is 29.0 Å². The summed E-state index contributed by atoms with van der Waals surface area (Å²) in [6.45, 7) is 3.21. The highest BCUT2D eigenvalue weighted by molar-refractivity contribution is 6.36. The molecule has 0 aromatic heterocycles. The lowest BCUT2D eigenvalue weighted by Crippen LogP contribution is -2.58. The number of carboxylic acids is 1. The lowest BCUT2D eigenvalue weighted by Gasteiger charge is -2.33. The summed E-state index contributed by atoms with van der Waals surface area (Å²) in [6, 6.07) is 0. The number of carboxylic acid groups (broad SMARTS) is 1. The van der Waals surface area contributed by atoms with Crippen LogP contribution in [0.2, 0.25) is 0 Å². The Morgan fingerprint density at radius 1 is 1.18 bits per heavy atom. The number of nitrogens with one attached hydrogen (secondary N) is 1. The highest BCUT2D eigenvalue weighted by Gasteiger charge is 2.57. The van der Waals surface area contributed by atoms with Crippen LogP contribution in [0.4, 0.5) is 0 Å². The number of carbonyl (C=O) groups is 3. The van der Waals surface area contributed by atoms with Crippen LogP contribution in [0.5, 0.6) is 0 Å². The zero-order valence-electron chi connectivity index (χ0n) is 9.33. The van der Waals surface area contributed by atoms with Gasteiger partial charge < -0.3 is 15.5 Å². The minimum atomic E-state index is -2.96. The summed E-state index contributed by atoms with van der Waals surface area (Å²) in [7, 11) is 0. The fourth-order valence-corrected chi connectivity index (χ4v) is 2.11. The van der Waals surface area contributed by atoms with Gasteiger partial charge in [-0.25, -0.2) is 4.79 Å². The smallest absolute Gasteiger partial charge is 0.352 e. The lowest BCUT2D eigenvalue weighted by molar-refractivity contribution is -0.168. The minimum Gasteiger partial charge on any atom is -0.478 e. The van der Waals surface area contributed by atoms with Gasteiger partial charge in [0.1, 0.15) is 0 Å². The standard InChI is InChI=1S/C11H11NO5/c1-4-6-3-7(5(2)12-4)9(14)11(17,8(6)13)10(15)16/h12,17H,3H2,1-2H3,(H,15,16). The van der Waals surface area contributed by atoms with E-state index in [0.29, 0.717) is 11.4 Å². The van der Waals surface area contributed by atoms with Gasteiger partial charge in [0.25, 0.3) is 5.60 Å². The highest BCUT2D eigenvalue weighted by atomic mass is 16.4. The van der Waals surface area contributed by atoms with Crippen molar-refractivity contribution in [3.8, 4) is 0 Å². The third-order valence-electron chi connectivity index (χ3n) is 3.15. The van der Waals surface area contributed by atoms with E-state index in [1.165, 1.54) is 0 Å². The average molecular weight is 237 g/mol. The number of ketones is 2. The predicted molar refractivity (Wildman–Crippen MR) is 55.8 cm³/mol. The summed E-state index contributed by atoms with van der Waals surface area (Å²) in [4.78, 5) is 34.7. The molecular weight excluding hydrogens is 226 g/mol. The van der Waals surface area contributed by atoms with Crippen molar-refractivity contribution >= 4 is 17.5 Å². The molecule has 6 heteroatoms. The molecule has 0 amide bonds. The van der Waals surface area contributed by atoms with Crippen LogP contribution >= 0.6 is 0 Å². The summed E-state index contributed by atoms with van der Waals surface area (Å²) in [6.07, 6.45) is 0.0813. The number of Topliss-reactive ketones (excluding diaryl/α,β-unsaturated/α-hetero) is 2. The molecule has 2 rings (SSSR count). The molecule has 1 aliphatic carbocycles. The molecule has 0 aromatic rings. The Bertz CT molecular complexity index is 490. The molecule has 1 fully saturated rings. The van der Waals surface area contributed by atoms with Crippen LogP contribution in [0.15, 0.2) is 22.5 Å². The second kappa shape index (κ2) is 3.27. The first-order valence-electron chi connectivity index (χ1n) is 5.02. The first kappa shape index (κ1) is 11.5. The van der Waals surface area contributed by atoms with Crippen LogP contribution in [0.1, 0.15) is 20.3 Å². The number of dihydropyridines is 1. The van der Waals surface area contributed by atoms with Gasteiger partial charge in [-0.2, -0.15) is 0 Å². The van der Waals surface area contributed by atoms with Crippen molar-refractivity contribution in [2.45, 2.75) is 25.9 Å². The Morgan fingerprint density at radius 3 is 1.94 bits per heavy atom. The van der Waals surface area contributed by atoms with Crippen LogP contribution in [0.25, 0.3) is 0 Å². The van der Waals surface area contributed by atoms with E-state index >= 15 is 0 Å². The van der Waals surface area contributed by atoms with Crippen LogP contribution in [-0.4, -0.2) is 33.3 Å². The second-order valence-corrected chi connectivity index (χ2v) is 4.18. The second-order valence-electron chi connectivity index (χ2n) is 4.18. The molecule has 1 heterocycles. The van der Waals surface area contributed by atoms with E-state index in [1.807, 2.05) is 0 Å². The maximum absolute atomic E-state index is 11.9. The van der Waals surface area contributed by atoms with Gasteiger partial charge in [-0.1, -0.05) is 0 Å². The maximum Gasteiger partial charge on any atom is 0.352 e. The summed E-state index contributed by atoms with van der Waals surface area (Å²) in [5.74, 6) is -3.92. The van der Waals surface area contributed by atoms with Gasteiger partial charge in [-0.05, 0) is 13.8 Å². The normalized spacial score (nSPS) is 22.8. The van der Waals surface area contributed by atoms with Gasteiger partial charge in [0.15, 0.2) is 0 Å². The number of hydrogen-bond acceptors (Lipinski definition) is 5. The third-order valence-corrected chi connectivity index (χ3v) is 3.15. The molecule has 0 aromatic carbocycles. The van der Waals surface area contributed by atoms with E-state index in [1.54, 1.807) is 13.8 Å². The van der Waals surface area contributed by atoms with Gasteiger partial charge in [-0.15, -0.1) is 0 Å². The van der Waals surface area contributed by atoms with E-state index in [0.717, 1.165) is 0 Å². The Hall–Kier alpha value is -1.95. The van der Waals surface area contributed by atoms with E-state index in [-0.39, 0.29) is 17.6 Å². The molecule has 2 bridgehead atoms. The van der Waals surface area contributed by atoms with Crippen molar-refractivity contribution in [1.29, 1.82) is 0 Å². The number of hydrogen-bond donors (Lipinski definition) is 3. The fraction of sp³-hybridized carbons (Fsp3) is 0.364. The van der Waals surface area contributed by atoms with Crippen molar-refractivity contribution in [3.05, 3.63) is 22.5 Å². The number of aliphatic hydroxyl groups is 1. The molecule has 0 atom stereocenters. The first-order chi connectivity index (χ1) is 7.80. The zero-order chi connectivity index (χ0) is 13.0. The quantitative estimate of drug-likeness (QED) is 0.531.